The van der Waals surface area contributed by atoms with E-state index in [1.807, 2.05) is 11.5 Å². The lowest BCUT2D eigenvalue weighted by Crippen LogP contribution is -2.46. The molecule has 1 aromatic carbocycles. The highest BCUT2D eigenvalue weighted by molar-refractivity contribution is 6.34. The van der Waals surface area contributed by atoms with Crippen LogP contribution in [-0.4, -0.2) is 53.1 Å². The van der Waals surface area contributed by atoms with Gasteiger partial charge in [0.2, 0.25) is 11.8 Å². The molecule has 0 bridgehead atoms. The normalized spacial score (nSPS) is 19.4. The van der Waals surface area contributed by atoms with Crippen molar-refractivity contribution in [3.8, 4) is 0 Å². The molecule has 1 saturated heterocycles. The van der Waals surface area contributed by atoms with Gasteiger partial charge in [-0.25, -0.2) is 4.79 Å². The van der Waals surface area contributed by atoms with Crippen molar-refractivity contribution >= 4 is 40.6 Å². The highest BCUT2D eigenvalue weighted by atomic mass is 35.5. The molecule has 3 heterocycles. The summed E-state index contributed by atoms with van der Waals surface area (Å²) in [5.74, 6) is -1.23. The third-order valence-electron chi connectivity index (χ3n) is 5.64. The molecule has 0 spiro atoms. The summed E-state index contributed by atoms with van der Waals surface area (Å²) >= 11 is 6.59. The minimum atomic E-state index is -1.23. The maximum atomic E-state index is 12.7. The Labute approximate surface area is 160 Å². The maximum absolute atomic E-state index is 12.7. The average Bonchev–Trinajstić information content (AvgIpc) is 2.66. The molecular weight excluding hydrogens is 370 g/mol. The van der Waals surface area contributed by atoms with Gasteiger partial charge in [0.1, 0.15) is 5.56 Å². The van der Waals surface area contributed by atoms with Gasteiger partial charge in [-0.2, -0.15) is 0 Å². The smallest absolute Gasteiger partial charge is 0.341 e. The first-order chi connectivity index (χ1) is 12.9. The standard InChI is InChI=1S/C19H20ClN3O4/c1-11-2-3-12-16-13(18(25)14(19(26)27)9-23(11)16)8-15(20)17(12)22-6-4-21(10-24)5-7-22/h8-11H,2-7H2,1H3,(H,26,27). The van der Waals surface area contributed by atoms with E-state index in [2.05, 4.69) is 4.90 Å². The number of rotatable bonds is 3. The lowest BCUT2D eigenvalue weighted by atomic mass is 9.93. The number of hydrogen-bond acceptors (Lipinski definition) is 4. The number of piperazine rings is 1. The summed E-state index contributed by atoms with van der Waals surface area (Å²) in [6.07, 6.45) is 3.93. The zero-order chi connectivity index (χ0) is 19.3. The van der Waals surface area contributed by atoms with E-state index in [1.165, 1.54) is 6.20 Å². The van der Waals surface area contributed by atoms with Crippen LogP contribution >= 0.6 is 11.6 Å². The van der Waals surface area contributed by atoms with Gasteiger partial charge >= 0.3 is 5.97 Å². The molecule has 1 aromatic heterocycles. The van der Waals surface area contributed by atoms with Gasteiger partial charge in [0, 0.05) is 49.4 Å². The number of carboxylic acid groups (broad SMARTS) is 1. The third-order valence-corrected chi connectivity index (χ3v) is 5.92. The van der Waals surface area contributed by atoms with E-state index >= 15 is 0 Å². The first-order valence-corrected chi connectivity index (χ1v) is 9.38. The number of carbonyl (C=O) groups excluding carboxylic acids is 1. The van der Waals surface area contributed by atoms with Crippen molar-refractivity contribution in [3.63, 3.8) is 0 Å². The fourth-order valence-corrected chi connectivity index (χ4v) is 4.52. The second kappa shape index (κ2) is 6.56. The minimum Gasteiger partial charge on any atom is -0.477 e. The number of benzene rings is 1. The van der Waals surface area contributed by atoms with E-state index in [0.29, 0.717) is 36.6 Å². The largest absolute Gasteiger partial charge is 0.477 e. The minimum absolute atomic E-state index is 0.0969. The van der Waals surface area contributed by atoms with Crippen LogP contribution in [0.15, 0.2) is 17.1 Å². The molecular formula is C19H20ClN3O4. The maximum Gasteiger partial charge on any atom is 0.341 e. The molecule has 1 unspecified atom stereocenters. The van der Waals surface area contributed by atoms with Gasteiger partial charge in [-0.1, -0.05) is 11.6 Å². The Balaban J connectivity index is 1.95. The molecule has 0 radical (unpaired) electrons. The van der Waals surface area contributed by atoms with Crippen LogP contribution in [0.4, 0.5) is 5.69 Å². The fourth-order valence-electron chi connectivity index (χ4n) is 4.18. The highest BCUT2D eigenvalue weighted by Crippen LogP contribution is 2.40. The number of nitrogens with zero attached hydrogens (tertiary/aromatic N) is 3. The van der Waals surface area contributed by atoms with Gasteiger partial charge in [-0.15, -0.1) is 0 Å². The number of hydrogen-bond donors (Lipinski definition) is 1. The van der Waals surface area contributed by atoms with E-state index in [9.17, 15) is 19.5 Å². The predicted octanol–water partition coefficient (Wildman–Crippen LogP) is 2.14. The monoisotopic (exact) mass is 389 g/mol. The predicted molar refractivity (Wildman–Crippen MR) is 103 cm³/mol. The van der Waals surface area contributed by atoms with Gasteiger partial charge in [0.05, 0.1) is 16.2 Å². The van der Waals surface area contributed by atoms with E-state index < -0.39 is 11.4 Å². The molecule has 2 aliphatic rings. The van der Waals surface area contributed by atoms with Crippen LogP contribution in [0, 0.1) is 0 Å². The van der Waals surface area contributed by atoms with Gasteiger partial charge in [0.25, 0.3) is 0 Å². The van der Waals surface area contributed by atoms with Gasteiger partial charge in [-0.05, 0) is 25.8 Å². The number of halogens is 1. The van der Waals surface area contributed by atoms with E-state index in [1.54, 1.807) is 11.0 Å². The highest BCUT2D eigenvalue weighted by Gasteiger charge is 2.29. The van der Waals surface area contributed by atoms with Crippen LogP contribution in [0.25, 0.3) is 10.9 Å². The summed E-state index contributed by atoms with van der Waals surface area (Å²) in [5, 5.41) is 10.2. The summed E-state index contributed by atoms with van der Waals surface area (Å²) in [4.78, 5) is 39.1. The lowest BCUT2D eigenvalue weighted by Gasteiger charge is -2.37. The summed E-state index contributed by atoms with van der Waals surface area (Å²) < 4.78 is 1.90. The number of carbonyl (C=O) groups is 2. The van der Waals surface area contributed by atoms with Crippen LogP contribution in [0.5, 0.6) is 0 Å². The summed E-state index contributed by atoms with van der Waals surface area (Å²) in [6, 6.07) is 1.70. The van der Waals surface area contributed by atoms with Crippen molar-refractivity contribution in [2.45, 2.75) is 25.8 Å². The number of amides is 1. The first-order valence-electron chi connectivity index (χ1n) is 9.00. The molecule has 1 atom stereocenters. The van der Waals surface area contributed by atoms with E-state index in [4.69, 9.17) is 11.6 Å². The molecule has 1 N–H and O–H groups in total. The summed E-state index contributed by atoms with van der Waals surface area (Å²) in [7, 11) is 0. The van der Waals surface area contributed by atoms with Crippen LogP contribution in [0.3, 0.4) is 0 Å². The van der Waals surface area contributed by atoms with Crippen molar-refractivity contribution in [3.05, 3.63) is 38.6 Å². The van der Waals surface area contributed by atoms with Gasteiger partial charge in [0.15, 0.2) is 0 Å². The molecule has 2 aromatic rings. The second-order valence-electron chi connectivity index (χ2n) is 7.18. The van der Waals surface area contributed by atoms with Crippen molar-refractivity contribution in [2.75, 3.05) is 31.1 Å². The average molecular weight is 390 g/mol. The molecule has 27 heavy (non-hydrogen) atoms. The Morgan fingerprint density at radius 3 is 2.63 bits per heavy atom. The number of carboxylic acids is 1. The summed E-state index contributed by atoms with van der Waals surface area (Å²) in [6.45, 7) is 4.61. The zero-order valence-electron chi connectivity index (χ0n) is 14.9. The SMILES string of the molecule is CC1CCc2c(N3CCN(C=O)CC3)c(Cl)cc3c(=O)c(C(=O)O)cn1c23. The zero-order valence-corrected chi connectivity index (χ0v) is 15.7. The molecule has 0 saturated carbocycles. The Hall–Kier alpha value is -2.54. The molecule has 2 aliphatic heterocycles. The van der Waals surface area contributed by atoms with Crippen LogP contribution in [-0.2, 0) is 11.2 Å². The number of aromatic carboxylic acids is 1. The molecule has 142 valence electrons. The quantitative estimate of drug-likeness (QED) is 0.813. The lowest BCUT2D eigenvalue weighted by molar-refractivity contribution is -0.118. The third kappa shape index (κ3) is 2.77. The van der Waals surface area contributed by atoms with Crippen molar-refractivity contribution in [1.29, 1.82) is 0 Å². The van der Waals surface area contributed by atoms with Crippen molar-refractivity contribution in [1.82, 2.24) is 9.47 Å². The Kier molecular flexibility index (Phi) is 4.34. The summed E-state index contributed by atoms with van der Waals surface area (Å²) in [5.41, 5.74) is 1.94. The molecule has 7 nitrogen and oxygen atoms in total. The number of aromatic nitrogens is 1. The number of pyridine rings is 1. The van der Waals surface area contributed by atoms with Crippen LogP contribution in [0.2, 0.25) is 5.02 Å². The molecule has 1 amide bonds. The second-order valence-corrected chi connectivity index (χ2v) is 7.59. The molecule has 1 fully saturated rings. The number of anilines is 1. The Morgan fingerprint density at radius 2 is 2.00 bits per heavy atom. The topological polar surface area (TPSA) is 82.8 Å². The molecule has 4 rings (SSSR count). The molecule has 0 aliphatic carbocycles. The fraction of sp³-hybridized carbons (Fsp3) is 0.421. The van der Waals surface area contributed by atoms with Crippen LogP contribution < -0.4 is 10.3 Å². The Bertz CT molecular complexity index is 1010. The van der Waals surface area contributed by atoms with E-state index in [-0.39, 0.29) is 11.6 Å². The van der Waals surface area contributed by atoms with Gasteiger partial charge in [-0.3, -0.25) is 9.59 Å². The van der Waals surface area contributed by atoms with Crippen molar-refractivity contribution in [2.24, 2.45) is 0 Å². The molecule has 8 heteroatoms. The Morgan fingerprint density at radius 1 is 1.30 bits per heavy atom. The first kappa shape index (κ1) is 17.9. The van der Waals surface area contributed by atoms with Crippen LogP contribution in [0.1, 0.15) is 35.3 Å². The van der Waals surface area contributed by atoms with Crippen molar-refractivity contribution < 1.29 is 14.7 Å². The number of aryl methyl sites for hydroxylation is 1. The van der Waals surface area contributed by atoms with E-state index in [0.717, 1.165) is 36.0 Å². The van der Waals surface area contributed by atoms with Gasteiger partial charge < -0.3 is 19.5 Å².